The second-order valence-electron chi connectivity index (χ2n) is 4.01. The fraction of sp³-hybridized carbons (Fsp3) is 0.429. The lowest BCUT2D eigenvalue weighted by Gasteiger charge is -2.19. The van der Waals surface area contributed by atoms with E-state index in [9.17, 15) is 9.59 Å². The van der Waals surface area contributed by atoms with Gasteiger partial charge in [0.15, 0.2) is 6.29 Å². The SMILES string of the molecule is CCOC(C)OC(C)OC(=O)c1ccc(C(=O)O)cc1. The highest BCUT2D eigenvalue weighted by Gasteiger charge is 2.15. The smallest absolute Gasteiger partial charge is 0.340 e. The molecule has 6 nitrogen and oxygen atoms in total. The van der Waals surface area contributed by atoms with Crippen LogP contribution in [0.2, 0.25) is 0 Å². The van der Waals surface area contributed by atoms with Gasteiger partial charge in [-0.1, -0.05) is 0 Å². The van der Waals surface area contributed by atoms with Gasteiger partial charge >= 0.3 is 11.9 Å². The van der Waals surface area contributed by atoms with Crippen molar-refractivity contribution in [3.05, 3.63) is 35.4 Å². The molecule has 110 valence electrons. The topological polar surface area (TPSA) is 82.1 Å². The van der Waals surface area contributed by atoms with Gasteiger partial charge in [-0.15, -0.1) is 0 Å². The van der Waals surface area contributed by atoms with Crippen molar-refractivity contribution in [3.8, 4) is 0 Å². The molecule has 1 aromatic rings. The molecule has 0 aromatic heterocycles. The average molecular weight is 282 g/mol. The Balaban J connectivity index is 2.55. The molecule has 6 heteroatoms. The molecule has 2 unspecified atom stereocenters. The summed E-state index contributed by atoms with van der Waals surface area (Å²) in [6.07, 6.45) is -1.24. The summed E-state index contributed by atoms with van der Waals surface area (Å²) in [5, 5.41) is 8.76. The molecular weight excluding hydrogens is 264 g/mol. The summed E-state index contributed by atoms with van der Waals surface area (Å²) in [7, 11) is 0. The van der Waals surface area contributed by atoms with Gasteiger partial charge < -0.3 is 19.3 Å². The number of hydrogen-bond donors (Lipinski definition) is 1. The van der Waals surface area contributed by atoms with E-state index in [0.29, 0.717) is 6.61 Å². The van der Waals surface area contributed by atoms with Gasteiger partial charge in [-0.25, -0.2) is 9.59 Å². The molecule has 1 aromatic carbocycles. The molecule has 2 atom stereocenters. The van der Waals surface area contributed by atoms with Crippen LogP contribution >= 0.6 is 0 Å². The third-order valence-electron chi connectivity index (χ3n) is 2.43. The molecule has 0 spiro atoms. The number of carboxylic acid groups (broad SMARTS) is 1. The highest BCUT2D eigenvalue weighted by molar-refractivity contribution is 5.92. The highest BCUT2D eigenvalue weighted by atomic mass is 16.8. The molecule has 0 heterocycles. The number of carbonyl (C=O) groups excluding carboxylic acids is 1. The fourth-order valence-electron chi connectivity index (χ4n) is 1.54. The Bertz CT molecular complexity index is 453. The van der Waals surface area contributed by atoms with Crippen molar-refractivity contribution in [2.24, 2.45) is 0 Å². The maximum atomic E-state index is 11.8. The molecule has 20 heavy (non-hydrogen) atoms. The van der Waals surface area contributed by atoms with Crippen molar-refractivity contribution in [2.75, 3.05) is 6.61 Å². The van der Waals surface area contributed by atoms with Crippen LogP contribution in [0.25, 0.3) is 0 Å². The lowest BCUT2D eigenvalue weighted by Crippen LogP contribution is -2.24. The molecule has 0 fully saturated rings. The van der Waals surface area contributed by atoms with E-state index in [1.807, 2.05) is 6.92 Å². The Labute approximate surface area is 117 Å². The van der Waals surface area contributed by atoms with Crippen LogP contribution in [-0.4, -0.2) is 36.2 Å². The molecule has 0 amide bonds. The maximum absolute atomic E-state index is 11.8. The third-order valence-corrected chi connectivity index (χ3v) is 2.43. The lowest BCUT2D eigenvalue weighted by molar-refractivity contribution is -0.211. The van der Waals surface area contributed by atoms with Gasteiger partial charge in [0, 0.05) is 6.61 Å². The Hall–Kier alpha value is -1.92. The number of ether oxygens (including phenoxy) is 3. The Morgan fingerprint density at radius 1 is 1.10 bits per heavy atom. The number of hydrogen-bond acceptors (Lipinski definition) is 5. The zero-order chi connectivity index (χ0) is 15.1. The quantitative estimate of drug-likeness (QED) is 0.610. The molecule has 1 rings (SSSR count). The molecular formula is C14H18O6. The number of carbonyl (C=O) groups is 2. The van der Waals surface area contributed by atoms with E-state index in [1.165, 1.54) is 24.3 Å². The molecule has 0 saturated carbocycles. The number of rotatable bonds is 7. The highest BCUT2D eigenvalue weighted by Crippen LogP contribution is 2.09. The molecule has 0 aliphatic rings. The fourth-order valence-corrected chi connectivity index (χ4v) is 1.54. The van der Waals surface area contributed by atoms with Crippen LogP contribution in [0.15, 0.2) is 24.3 Å². The van der Waals surface area contributed by atoms with Crippen LogP contribution in [0.5, 0.6) is 0 Å². The van der Waals surface area contributed by atoms with Crippen molar-refractivity contribution >= 4 is 11.9 Å². The monoisotopic (exact) mass is 282 g/mol. The molecule has 0 saturated heterocycles. The summed E-state index contributed by atoms with van der Waals surface area (Å²) in [5.74, 6) is -1.63. The van der Waals surface area contributed by atoms with Crippen LogP contribution < -0.4 is 0 Å². The van der Waals surface area contributed by atoms with Crippen molar-refractivity contribution < 1.29 is 28.9 Å². The second-order valence-corrected chi connectivity index (χ2v) is 4.01. The number of aromatic carboxylic acids is 1. The minimum Gasteiger partial charge on any atom is -0.478 e. The van der Waals surface area contributed by atoms with E-state index in [0.717, 1.165) is 0 Å². The van der Waals surface area contributed by atoms with Gasteiger partial charge in [0.2, 0.25) is 6.29 Å². The zero-order valence-electron chi connectivity index (χ0n) is 11.7. The van der Waals surface area contributed by atoms with Crippen LogP contribution in [0.3, 0.4) is 0 Å². The standard InChI is InChI=1S/C14H18O6/c1-4-18-9(2)19-10(3)20-14(17)12-7-5-11(6-8-12)13(15)16/h5-10H,4H2,1-3H3,(H,15,16). The molecule has 0 radical (unpaired) electrons. The zero-order valence-corrected chi connectivity index (χ0v) is 11.7. The third kappa shape index (κ3) is 4.99. The van der Waals surface area contributed by atoms with Crippen LogP contribution in [0, 0.1) is 0 Å². The summed E-state index contributed by atoms with van der Waals surface area (Å²) >= 11 is 0. The number of esters is 1. The van der Waals surface area contributed by atoms with Gasteiger partial charge in [0.05, 0.1) is 11.1 Å². The van der Waals surface area contributed by atoms with Gasteiger partial charge in [-0.05, 0) is 45.0 Å². The second kappa shape index (κ2) is 7.62. The van der Waals surface area contributed by atoms with Gasteiger partial charge in [-0.3, -0.25) is 0 Å². The van der Waals surface area contributed by atoms with Crippen LogP contribution in [0.4, 0.5) is 0 Å². The molecule has 0 aliphatic heterocycles. The first-order valence-corrected chi connectivity index (χ1v) is 6.25. The first-order chi connectivity index (χ1) is 9.43. The Kier molecular flexibility index (Phi) is 6.14. The number of carboxylic acids is 1. The van der Waals surface area contributed by atoms with Crippen molar-refractivity contribution in [3.63, 3.8) is 0 Å². The van der Waals surface area contributed by atoms with E-state index in [4.69, 9.17) is 19.3 Å². The van der Waals surface area contributed by atoms with Crippen LogP contribution in [-0.2, 0) is 14.2 Å². The van der Waals surface area contributed by atoms with E-state index >= 15 is 0 Å². The van der Waals surface area contributed by atoms with Crippen molar-refractivity contribution in [1.82, 2.24) is 0 Å². The summed E-state index contributed by atoms with van der Waals surface area (Å²) in [5.41, 5.74) is 0.366. The predicted molar refractivity (Wildman–Crippen MR) is 70.5 cm³/mol. The lowest BCUT2D eigenvalue weighted by atomic mass is 10.1. The van der Waals surface area contributed by atoms with Crippen molar-refractivity contribution in [1.29, 1.82) is 0 Å². The van der Waals surface area contributed by atoms with Gasteiger partial charge in [0.1, 0.15) is 0 Å². The first kappa shape index (κ1) is 16.1. The van der Waals surface area contributed by atoms with E-state index in [-0.39, 0.29) is 11.1 Å². The summed E-state index contributed by atoms with van der Waals surface area (Å²) in [6, 6.07) is 5.47. The van der Waals surface area contributed by atoms with E-state index in [2.05, 4.69) is 0 Å². The predicted octanol–water partition coefficient (Wildman–Crippen LogP) is 2.29. The number of benzene rings is 1. The largest absolute Gasteiger partial charge is 0.478 e. The molecule has 0 aliphatic carbocycles. The molecule has 1 N–H and O–H groups in total. The first-order valence-electron chi connectivity index (χ1n) is 6.25. The van der Waals surface area contributed by atoms with Crippen LogP contribution in [0.1, 0.15) is 41.5 Å². The Morgan fingerprint density at radius 3 is 2.15 bits per heavy atom. The summed E-state index contributed by atoms with van der Waals surface area (Å²) < 4.78 is 15.5. The summed E-state index contributed by atoms with van der Waals surface area (Å²) in [6.45, 7) is 5.62. The minimum absolute atomic E-state index is 0.107. The van der Waals surface area contributed by atoms with Gasteiger partial charge in [0.25, 0.3) is 0 Å². The van der Waals surface area contributed by atoms with E-state index in [1.54, 1.807) is 13.8 Å². The van der Waals surface area contributed by atoms with Gasteiger partial charge in [-0.2, -0.15) is 0 Å². The normalized spacial score (nSPS) is 13.6. The van der Waals surface area contributed by atoms with E-state index < -0.39 is 24.5 Å². The Morgan fingerprint density at radius 2 is 1.65 bits per heavy atom. The summed E-state index contributed by atoms with van der Waals surface area (Å²) in [4.78, 5) is 22.5. The molecule has 0 bridgehead atoms. The maximum Gasteiger partial charge on any atom is 0.340 e. The average Bonchev–Trinajstić information content (AvgIpc) is 2.38. The minimum atomic E-state index is -1.05. The van der Waals surface area contributed by atoms with Crippen molar-refractivity contribution in [2.45, 2.75) is 33.4 Å².